The van der Waals surface area contributed by atoms with Crippen LogP contribution in [0, 0.1) is 0 Å². The molecule has 2 unspecified atom stereocenters. The van der Waals surface area contributed by atoms with E-state index < -0.39 is 49.5 Å². The van der Waals surface area contributed by atoms with E-state index in [1.807, 2.05) is 0 Å². The Kier molecular flexibility index (Phi) is 47.7. The zero-order chi connectivity index (χ0) is 49.4. The first-order valence-electron chi connectivity index (χ1n) is 30.2. The number of rotatable bonds is 53. The maximum Gasteiger partial charge on any atom is 0.220 e. The summed E-state index contributed by atoms with van der Waals surface area (Å²) in [6, 6.07) is -0.711. The number of aliphatic hydroxyl groups is 5. The number of carbonyl (C=O) groups is 1. The molecule has 1 heterocycles. The van der Waals surface area contributed by atoms with Crippen molar-refractivity contribution in [2.24, 2.45) is 0 Å². The quantitative estimate of drug-likeness (QED) is 0.0330. The topological polar surface area (TPSA) is 149 Å². The van der Waals surface area contributed by atoms with Crippen LogP contribution in [0.1, 0.15) is 316 Å². The van der Waals surface area contributed by atoms with Crippen LogP contribution in [0.3, 0.4) is 0 Å². The van der Waals surface area contributed by atoms with Crippen molar-refractivity contribution in [1.82, 2.24) is 5.32 Å². The molecular weight excluding hydrogens is 851 g/mol. The normalized spacial score (nSPS) is 19.4. The van der Waals surface area contributed by atoms with Crippen LogP contribution in [0.4, 0.5) is 0 Å². The lowest BCUT2D eigenvalue weighted by Gasteiger charge is -2.40. The Balaban J connectivity index is 1.98. The fraction of sp³-hybridized carbons (Fsp3) is 0.983. The molecule has 1 rings (SSSR count). The molecule has 9 heteroatoms. The number of nitrogens with one attached hydrogen (secondary N) is 1. The molecule has 406 valence electrons. The number of amides is 1. The van der Waals surface area contributed by atoms with Crippen molar-refractivity contribution in [2.75, 3.05) is 13.2 Å². The average Bonchev–Trinajstić information content (AvgIpc) is 3.34. The van der Waals surface area contributed by atoms with Gasteiger partial charge in [-0.1, -0.05) is 296 Å². The van der Waals surface area contributed by atoms with Crippen molar-refractivity contribution in [3.05, 3.63) is 0 Å². The van der Waals surface area contributed by atoms with E-state index >= 15 is 0 Å². The summed E-state index contributed by atoms with van der Waals surface area (Å²) in [5, 5.41) is 54.4. The summed E-state index contributed by atoms with van der Waals surface area (Å²) >= 11 is 0. The minimum absolute atomic E-state index is 0.132. The van der Waals surface area contributed by atoms with Crippen LogP contribution >= 0.6 is 0 Å². The van der Waals surface area contributed by atoms with Gasteiger partial charge in [-0.25, -0.2) is 0 Å². The van der Waals surface area contributed by atoms with Crippen molar-refractivity contribution in [2.45, 2.75) is 358 Å². The zero-order valence-electron chi connectivity index (χ0n) is 45.2. The van der Waals surface area contributed by atoms with E-state index in [2.05, 4.69) is 19.2 Å². The lowest BCUT2D eigenvalue weighted by molar-refractivity contribution is -0.302. The molecule has 7 atom stereocenters. The zero-order valence-corrected chi connectivity index (χ0v) is 45.2. The molecular formula is C59H117NO8. The van der Waals surface area contributed by atoms with Crippen molar-refractivity contribution >= 4 is 5.91 Å². The highest BCUT2D eigenvalue weighted by Gasteiger charge is 2.44. The van der Waals surface area contributed by atoms with Crippen LogP contribution in [0.25, 0.3) is 0 Å². The number of aliphatic hydroxyl groups excluding tert-OH is 5. The second kappa shape index (κ2) is 49.8. The number of unbranched alkanes of at least 4 members (excludes halogenated alkanes) is 43. The summed E-state index contributed by atoms with van der Waals surface area (Å²) in [6.45, 7) is 3.84. The highest BCUT2D eigenvalue weighted by Crippen LogP contribution is 2.23. The third-order valence-electron chi connectivity index (χ3n) is 15.0. The molecule has 1 fully saturated rings. The standard InChI is InChI=1S/C59H117NO8/c1-3-5-7-9-11-13-14-15-16-17-18-19-20-21-22-23-24-25-26-27-28-29-30-31-32-33-34-35-36-37-38-39-41-43-45-47-49-55(63)60-52(53(62)48-46-44-42-40-12-10-8-6-4-2)51-67-59-58(66)57(65)56(64)54(50-61)68-59/h52-54,56-59,61-62,64-66H,3-51H2,1-2H3,(H,60,63)/t52-,53+,54+,56+,57?,58?,59+/m0/s1. The molecule has 0 aromatic rings. The van der Waals surface area contributed by atoms with Gasteiger partial charge in [0.05, 0.1) is 25.4 Å². The summed E-state index contributed by atoms with van der Waals surface area (Å²) in [5.74, 6) is -0.139. The van der Waals surface area contributed by atoms with Crippen LogP contribution in [0.15, 0.2) is 0 Å². The molecule has 1 saturated heterocycles. The van der Waals surface area contributed by atoms with Gasteiger partial charge >= 0.3 is 0 Å². The van der Waals surface area contributed by atoms with E-state index in [4.69, 9.17) is 9.47 Å². The first-order valence-corrected chi connectivity index (χ1v) is 30.2. The molecule has 9 nitrogen and oxygen atoms in total. The van der Waals surface area contributed by atoms with E-state index in [9.17, 15) is 30.3 Å². The van der Waals surface area contributed by atoms with Gasteiger partial charge in [0.1, 0.15) is 24.4 Å². The minimum Gasteiger partial charge on any atom is -0.394 e. The van der Waals surface area contributed by atoms with Gasteiger partial charge in [-0.3, -0.25) is 4.79 Å². The Morgan fingerprint density at radius 3 is 1.04 bits per heavy atom. The molecule has 68 heavy (non-hydrogen) atoms. The van der Waals surface area contributed by atoms with E-state index in [0.29, 0.717) is 12.8 Å². The van der Waals surface area contributed by atoms with Gasteiger partial charge in [0.15, 0.2) is 6.29 Å². The van der Waals surface area contributed by atoms with E-state index in [-0.39, 0.29) is 12.5 Å². The Bertz CT molecular complexity index is 1030. The van der Waals surface area contributed by atoms with Crippen molar-refractivity contribution in [1.29, 1.82) is 0 Å². The molecule has 1 aliphatic heterocycles. The monoisotopic (exact) mass is 968 g/mol. The van der Waals surface area contributed by atoms with Crippen LogP contribution in [0.5, 0.6) is 0 Å². The average molecular weight is 969 g/mol. The maximum absolute atomic E-state index is 13.0. The fourth-order valence-electron chi connectivity index (χ4n) is 10.2. The fourth-order valence-corrected chi connectivity index (χ4v) is 10.2. The van der Waals surface area contributed by atoms with E-state index in [0.717, 1.165) is 38.5 Å². The van der Waals surface area contributed by atoms with Crippen LogP contribution in [0.2, 0.25) is 0 Å². The Labute approximate surface area is 421 Å². The molecule has 0 spiro atoms. The number of ether oxygens (including phenoxy) is 2. The Morgan fingerprint density at radius 2 is 0.735 bits per heavy atom. The van der Waals surface area contributed by atoms with Gasteiger partial charge < -0.3 is 40.3 Å². The number of hydrogen-bond acceptors (Lipinski definition) is 8. The predicted octanol–water partition coefficient (Wildman–Crippen LogP) is 15.0. The molecule has 6 N–H and O–H groups in total. The van der Waals surface area contributed by atoms with Crippen molar-refractivity contribution in [3.8, 4) is 0 Å². The van der Waals surface area contributed by atoms with Gasteiger partial charge in [0.2, 0.25) is 5.91 Å². The summed E-state index contributed by atoms with van der Waals surface area (Å²) in [5.41, 5.74) is 0. The highest BCUT2D eigenvalue weighted by atomic mass is 16.7. The van der Waals surface area contributed by atoms with Gasteiger partial charge in [-0.2, -0.15) is 0 Å². The second-order valence-corrected chi connectivity index (χ2v) is 21.5. The van der Waals surface area contributed by atoms with Gasteiger partial charge in [0, 0.05) is 6.42 Å². The van der Waals surface area contributed by atoms with E-state index in [1.165, 1.54) is 250 Å². The first-order chi connectivity index (χ1) is 33.3. The van der Waals surface area contributed by atoms with Gasteiger partial charge in [0.25, 0.3) is 0 Å². The first kappa shape index (κ1) is 65.2. The van der Waals surface area contributed by atoms with Gasteiger partial charge in [-0.05, 0) is 12.8 Å². The predicted molar refractivity (Wildman–Crippen MR) is 286 cm³/mol. The molecule has 0 aromatic heterocycles. The smallest absolute Gasteiger partial charge is 0.220 e. The molecule has 0 bridgehead atoms. The maximum atomic E-state index is 13.0. The molecule has 0 saturated carbocycles. The molecule has 1 aliphatic rings. The lowest BCUT2D eigenvalue weighted by atomic mass is 9.99. The third-order valence-corrected chi connectivity index (χ3v) is 15.0. The minimum atomic E-state index is -1.55. The molecule has 0 aromatic carbocycles. The van der Waals surface area contributed by atoms with Crippen molar-refractivity contribution in [3.63, 3.8) is 0 Å². The molecule has 0 radical (unpaired) electrons. The largest absolute Gasteiger partial charge is 0.394 e. The highest BCUT2D eigenvalue weighted by molar-refractivity contribution is 5.76. The molecule has 0 aliphatic carbocycles. The van der Waals surface area contributed by atoms with Crippen LogP contribution in [-0.2, 0) is 14.3 Å². The summed E-state index contributed by atoms with van der Waals surface area (Å²) in [6.07, 6.45) is 53.4. The Hall–Kier alpha value is -0.810. The summed E-state index contributed by atoms with van der Waals surface area (Å²) in [7, 11) is 0. The van der Waals surface area contributed by atoms with Crippen molar-refractivity contribution < 1.29 is 39.8 Å². The SMILES string of the molecule is CCCCCCCCCCCCCCCCCCCCCCCCCCCCCCCCCCCCCCC(=O)N[C@@H](CO[C@@H]1O[C@H](CO)[C@@H](O)C(O)C1O)[C@H](O)CCCCCCCCCCC. The number of carbonyl (C=O) groups excluding carboxylic acids is 1. The third kappa shape index (κ3) is 38.8. The second-order valence-electron chi connectivity index (χ2n) is 21.5. The van der Waals surface area contributed by atoms with Gasteiger partial charge in [-0.15, -0.1) is 0 Å². The number of hydrogen-bond donors (Lipinski definition) is 6. The van der Waals surface area contributed by atoms with E-state index in [1.54, 1.807) is 0 Å². The molecule has 1 amide bonds. The lowest BCUT2D eigenvalue weighted by Crippen LogP contribution is -2.60. The van der Waals surface area contributed by atoms with Crippen LogP contribution < -0.4 is 5.32 Å². The summed E-state index contributed by atoms with van der Waals surface area (Å²) in [4.78, 5) is 13.0. The summed E-state index contributed by atoms with van der Waals surface area (Å²) < 4.78 is 11.3. The Morgan fingerprint density at radius 1 is 0.441 bits per heavy atom. The van der Waals surface area contributed by atoms with Crippen LogP contribution in [-0.4, -0.2) is 87.5 Å².